The van der Waals surface area contributed by atoms with Crippen LogP contribution in [0.2, 0.25) is 0 Å². The number of amides is 1. The Morgan fingerprint density at radius 3 is 2.71 bits per heavy atom. The lowest BCUT2D eigenvalue weighted by atomic mass is 10.0. The molecule has 0 bridgehead atoms. The van der Waals surface area contributed by atoms with Crippen LogP contribution >= 0.6 is 0 Å². The van der Waals surface area contributed by atoms with Crippen LogP contribution in [-0.4, -0.2) is 36.5 Å². The Kier molecular flexibility index (Phi) is 6.26. The Morgan fingerprint density at radius 1 is 1.29 bits per heavy atom. The molecule has 0 aliphatic carbocycles. The molecule has 1 N–H and O–H groups in total. The van der Waals surface area contributed by atoms with E-state index >= 15 is 0 Å². The highest BCUT2D eigenvalue weighted by atomic mass is 19.1. The first-order valence-electron chi connectivity index (χ1n) is 7.79. The molecule has 0 aliphatic rings. The lowest BCUT2D eigenvalue weighted by Gasteiger charge is -2.24. The van der Waals surface area contributed by atoms with Gasteiger partial charge in [0.15, 0.2) is 0 Å². The van der Waals surface area contributed by atoms with Gasteiger partial charge < -0.3 is 10.1 Å². The van der Waals surface area contributed by atoms with E-state index in [1.54, 1.807) is 49.5 Å². The number of halogens is 1. The topological polar surface area (TPSA) is 54.5 Å². The number of likely N-dealkylation sites (N-methyl/N-ethyl adjacent to an activating group) is 1. The fourth-order valence-electron chi connectivity index (χ4n) is 2.46. The van der Waals surface area contributed by atoms with Crippen molar-refractivity contribution in [3.63, 3.8) is 0 Å². The van der Waals surface area contributed by atoms with Gasteiger partial charge in [0, 0.05) is 23.9 Å². The molecule has 1 amide bonds. The van der Waals surface area contributed by atoms with E-state index in [2.05, 4.69) is 10.3 Å². The van der Waals surface area contributed by atoms with E-state index in [4.69, 9.17) is 4.74 Å². The van der Waals surface area contributed by atoms with Crippen LogP contribution in [0.25, 0.3) is 0 Å². The molecule has 0 fully saturated rings. The summed E-state index contributed by atoms with van der Waals surface area (Å²) in [5.74, 6) is -0.188. The number of nitrogens with one attached hydrogen (secondary N) is 1. The van der Waals surface area contributed by atoms with Crippen molar-refractivity contribution in [3.8, 4) is 5.88 Å². The zero-order valence-electron chi connectivity index (χ0n) is 14.1. The predicted molar refractivity (Wildman–Crippen MR) is 90.1 cm³/mol. The number of hydrogen-bond donors (Lipinski definition) is 1. The Morgan fingerprint density at radius 2 is 2.04 bits per heavy atom. The third-order valence-corrected chi connectivity index (χ3v) is 3.55. The molecule has 0 saturated carbocycles. The molecule has 0 spiro atoms. The van der Waals surface area contributed by atoms with Gasteiger partial charge in [-0.15, -0.1) is 0 Å². The van der Waals surface area contributed by atoms with Gasteiger partial charge in [0.05, 0.1) is 6.61 Å². The number of rotatable bonds is 7. The first-order valence-corrected chi connectivity index (χ1v) is 7.79. The molecule has 0 aliphatic heterocycles. The molecule has 5 nitrogen and oxygen atoms in total. The van der Waals surface area contributed by atoms with Crippen molar-refractivity contribution in [1.29, 1.82) is 0 Å². The molecule has 24 heavy (non-hydrogen) atoms. The number of benzene rings is 1. The number of ether oxygens (including phenoxy) is 1. The Bertz CT molecular complexity index is 691. The highest BCUT2D eigenvalue weighted by Gasteiger charge is 2.25. The maximum Gasteiger partial charge on any atom is 0.242 e. The smallest absolute Gasteiger partial charge is 0.242 e. The summed E-state index contributed by atoms with van der Waals surface area (Å²) in [5, 5.41) is 2.84. The SMILES string of the molecule is CCOc1ncccc1CNC(=O)C(c1ccccc1F)N(C)C. The minimum atomic E-state index is -0.710. The van der Waals surface area contributed by atoms with Crippen LogP contribution in [0.5, 0.6) is 5.88 Å². The van der Waals surface area contributed by atoms with E-state index in [-0.39, 0.29) is 12.5 Å². The molecular weight excluding hydrogens is 309 g/mol. The Balaban J connectivity index is 2.14. The first-order chi connectivity index (χ1) is 11.5. The zero-order valence-corrected chi connectivity index (χ0v) is 14.1. The minimum absolute atomic E-state index is 0.265. The summed E-state index contributed by atoms with van der Waals surface area (Å²) in [6, 6.07) is 9.21. The average Bonchev–Trinajstić information content (AvgIpc) is 2.56. The number of nitrogens with zero attached hydrogens (tertiary/aromatic N) is 2. The number of carbonyl (C=O) groups is 1. The maximum absolute atomic E-state index is 14.1. The van der Waals surface area contributed by atoms with Crippen LogP contribution < -0.4 is 10.1 Å². The van der Waals surface area contributed by atoms with E-state index in [1.807, 2.05) is 13.0 Å². The van der Waals surface area contributed by atoms with Gasteiger partial charge in [-0.05, 0) is 33.2 Å². The van der Waals surface area contributed by atoms with Crippen LogP contribution in [0, 0.1) is 5.82 Å². The summed E-state index contributed by atoms with van der Waals surface area (Å²) in [7, 11) is 3.48. The van der Waals surface area contributed by atoms with E-state index < -0.39 is 11.9 Å². The van der Waals surface area contributed by atoms with Crippen molar-refractivity contribution in [3.05, 3.63) is 59.5 Å². The molecule has 6 heteroatoms. The van der Waals surface area contributed by atoms with Crippen molar-refractivity contribution in [1.82, 2.24) is 15.2 Å². The normalized spacial score (nSPS) is 12.0. The third-order valence-electron chi connectivity index (χ3n) is 3.55. The highest BCUT2D eigenvalue weighted by Crippen LogP contribution is 2.22. The van der Waals surface area contributed by atoms with Gasteiger partial charge in [-0.3, -0.25) is 9.69 Å². The maximum atomic E-state index is 14.1. The molecule has 0 radical (unpaired) electrons. The molecule has 1 aromatic carbocycles. The van der Waals surface area contributed by atoms with E-state index in [0.29, 0.717) is 18.1 Å². The van der Waals surface area contributed by atoms with Gasteiger partial charge in [-0.2, -0.15) is 0 Å². The van der Waals surface area contributed by atoms with Crippen molar-refractivity contribution in [2.45, 2.75) is 19.5 Å². The van der Waals surface area contributed by atoms with Crippen molar-refractivity contribution >= 4 is 5.91 Å². The van der Waals surface area contributed by atoms with Crippen LogP contribution in [0.1, 0.15) is 24.1 Å². The molecule has 1 heterocycles. The first kappa shape index (κ1) is 17.9. The van der Waals surface area contributed by atoms with Crippen LogP contribution in [0.15, 0.2) is 42.6 Å². The second-order valence-corrected chi connectivity index (χ2v) is 5.51. The zero-order chi connectivity index (χ0) is 17.5. The van der Waals surface area contributed by atoms with E-state index in [1.165, 1.54) is 6.07 Å². The second-order valence-electron chi connectivity index (χ2n) is 5.51. The number of hydrogen-bond acceptors (Lipinski definition) is 4. The van der Waals surface area contributed by atoms with E-state index in [0.717, 1.165) is 5.56 Å². The fraction of sp³-hybridized carbons (Fsp3) is 0.333. The van der Waals surface area contributed by atoms with Gasteiger partial charge in [0.1, 0.15) is 11.9 Å². The fourth-order valence-corrected chi connectivity index (χ4v) is 2.46. The monoisotopic (exact) mass is 331 g/mol. The summed E-state index contributed by atoms with van der Waals surface area (Å²) in [5.41, 5.74) is 1.12. The molecule has 2 rings (SSSR count). The predicted octanol–water partition coefficient (Wildman–Crippen LogP) is 2.54. The quantitative estimate of drug-likeness (QED) is 0.847. The molecule has 0 saturated heterocycles. The van der Waals surface area contributed by atoms with Crippen molar-refractivity contribution in [2.75, 3.05) is 20.7 Å². The lowest BCUT2D eigenvalue weighted by molar-refractivity contribution is -0.126. The van der Waals surface area contributed by atoms with Crippen molar-refractivity contribution < 1.29 is 13.9 Å². The van der Waals surface area contributed by atoms with Gasteiger partial charge in [0.25, 0.3) is 0 Å². The molecular formula is C18H22FN3O2. The summed E-state index contributed by atoms with van der Waals surface area (Å²) in [6.45, 7) is 2.63. The largest absolute Gasteiger partial charge is 0.478 e. The summed E-state index contributed by atoms with van der Waals surface area (Å²) in [4.78, 5) is 18.4. The number of carbonyl (C=O) groups excluding carboxylic acids is 1. The number of aromatic nitrogens is 1. The Labute approximate surface area is 141 Å². The number of pyridine rings is 1. The van der Waals surface area contributed by atoms with Crippen molar-refractivity contribution in [2.24, 2.45) is 0 Å². The van der Waals surface area contributed by atoms with Gasteiger partial charge in [0.2, 0.25) is 11.8 Å². The van der Waals surface area contributed by atoms with Gasteiger partial charge >= 0.3 is 0 Å². The summed E-state index contributed by atoms with van der Waals surface area (Å²) in [6.07, 6.45) is 1.64. The average molecular weight is 331 g/mol. The van der Waals surface area contributed by atoms with Gasteiger partial charge in [-0.25, -0.2) is 9.37 Å². The summed E-state index contributed by atoms with van der Waals surface area (Å²) >= 11 is 0. The molecule has 1 unspecified atom stereocenters. The lowest BCUT2D eigenvalue weighted by Crippen LogP contribution is -2.37. The summed E-state index contributed by atoms with van der Waals surface area (Å²) < 4.78 is 19.5. The standard InChI is InChI=1S/C18H22FN3O2/c1-4-24-18-13(8-7-11-20-18)12-21-17(23)16(22(2)3)14-9-5-6-10-15(14)19/h5-11,16H,4,12H2,1-3H3,(H,21,23). The van der Waals surface area contributed by atoms with Crippen LogP contribution in [0.4, 0.5) is 4.39 Å². The van der Waals surface area contributed by atoms with Crippen LogP contribution in [0.3, 0.4) is 0 Å². The molecule has 1 atom stereocenters. The molecule has 1 aromatic heterocycles. The third kappa shape index (κ3) is 4.29. The minimum Gasteiger partial charge on any atom is -0.478 e. The molecule has 128 valence electrons. The van der Waals surface area contributed by atoms with Gasteiger partial charge in [-0.1, -0.05) is 24.3 Å². The van der Waals surface area contributed by atoms with Crippen LogP contribution in [-0.2, 0) is 11.3 Å². The highest BCUT2D eigenvalue weighted by molar-refractivity contribution is 5.83. The Hall–Kier alpha value is -2.47. The molecule has 2 aromatic rings. The van der Waals surface area contributed by atoms with E-state index in [9.17, 15) is 9.18 Å². The second kappa shape index (κ2) is 8.40.